The molecule has 3 heterocycles. The predicted octanol–water partition coefficient (Wildman–Crippen LogP) is 2.52. The van der Waals surface area contributed by atoms with Crippen LogP contribution < -0.4 is 15.2 Å². The number of fused-ring (bicyclic) bond motifs is 2. The third-order valence-electron chi connectivity index (χ3n) is 7.49. The number of carbonyl (C=O) groups excluding carboxylic acids is 3. The Kier molecular flexibility index (Phi) is 7.45. The van der Waals surface area contributed by atoms with Crippen LogP contribution >= 0.6 is 11.6 Å². The largest absolute Gasteiger partial charge is 0.490 e. The number of amides is 3. The summed E-state index contributed by atoms with van der Waals surface area (Å²) in [5.74, 6) is -1.04. The molecule has 3 amide bonds. The van der Waals surface area contributed by atoms with Crippen molar-refractivity contribution in [3.63, 3.8) is 0 Å². The van der Waals surface area contributed by atoms with Crippen LogP contribution in [0.5, 0.6) is 11.5 Å². The minimum atomic E-state index is -0.944. The number of nitrogens with zero attached hydrogens (tertiary/aromatic N) is 2. The van der Waals surface area contributed by atoms with Gasteiger partial charge in [-0.1, -0.05) is 11.6 Å². The zero-order valence-electron chi connectivity index (χ0n) is 20.6. The third-order valence-corrected chi connectivity index (χ3v) is 7.72. The molecule has 3 aliphatic rings. The van der Waals surface area contributed by atoms with Crippen LogP contribution in [0.15, 0.2) is 42.5 Å². The normalized spacial score (nSPS) is 26.3. The Morgan fingerprint density at radius 1 is 1.05 bits per heavy atom. The van der Waals surface area contributed by atoms with E-state index in [0.717, 1.165) is 12.8 Å². The third kappa shape index (κ3) is 5.42. The first kappa shape index (κ1) is 26.2. The van der Waals surface area contributed by atoms with Crippen molar-refractivity contribution in [2.75, 3.05) is 13.2 Å². The molecule has 3 aliphatic heterocycles. The smallest absolute Gasteiger partial charge is 0.261 e. The number of primary amides is 1. The van der Waals surface area contributed by atoms with Gasteiger partial charge in [-0.15, -0.1) is 0 Å². The van der Waals surface area contributed by atoms with Gasteiger partial charge in [0, 0.05) is 42.9 Å². The molecule has 38 heavy (non-hydrogen) atoms. The molecule has 0 aliphatic carbocycles. The van der Waals surface area contributed by atoms with E-state index < -0.39 is 24.0 Å². The van der Waals surface area contributed by atoms with Gasteiger partial charge in [-0.05, 0) is 55.3 Å². The SMILES string of the molecule is NC(=O)[C@@H]1C[C@@H](O)CN1C(=O)c1cc(Cl)ccc1OCC(=O)N1[C@@H]2CC[C@H]1CC(Oc1ccc(F)cc1)C2. The average Bonchev–Trinajstić information content (AvgIpc) is 3.41. The molecule has 3 saturated heterocycles. The van der Waals surface area contributed by atoms with Gasteiger partial charge in [0.25, 0.3) is 11.8 Å². The Morgan fingerprint density at radius 3 is 2.39 bits per heavy atom. The maximum Gasteiger partial charge on any atom is 0.261 e. The van der Waals surface area contributed by atoms with Crippen LogP contribution in [0, 0.1) is 5.82 Å². The van der Waals surface area contributed by atoms with Crippen molar-refractivity contribution in [2.24, 2.45) is 5.73 Å². The van der Waals surface area contributed by atoms with Gasteiger partial charge in [0.2, 0.25) is 5.91 Å². The van der Waals surface area contributed by atoms with E-state index in [1.165, 1.54) is 29.2 Å². The van der Waals surface area contributed by atoms with Crippen molar-refractivity contribution in [1.82, 2.24) is 9.80 Å². The fraction of sp³-hybridized carbons (Fsp3) is 0.444. The highest BCUT2D eigenvalue weighted by Gasteiger charge is 2.44. The molecule has 5 rings (SSSR count). The summed E-state index contributed by atoms with van der Waals surface area (Å²) in [5, 5.41) is 10.3. The van der Waals surface area contributed by atoms with Crippen LogP contribution in [0.1, 0.15) is 42.5 Å². The van der Waals surface area contributed by atoms with Crippen molar-refractivity contribution in [3.05, 3.63) is 58.9 Å². The van der Waals surface area contributed by atoms with E-state index in [-0.39, 0.29) is 65.8 Å². The number of rotatable bonds is 7. The number of halogens is 2. The quantitative estimate of drug-likeness (QED) is 0.551. The number of carbonyl (C=O) groups is 3. The first-order valence-electron chi connectivity index (χ1n) is 12.6. The molecule has 3 fully saturated rings. The van der Waals surface area contributed by atoms with Crippen molar-refractivity contribution in [1.29, 1.82) is 0 Å². The summed E-state index contributed by atoms with van der Waals surface area (Å²) >= 11 is 6.13. The molecule has 1 unspecified atom stereocenters. The maximum absolute atomic E-state index is 13.3. The Labute approximate surface area is 224 Å². The van der Waals surface area contributed by atoms with Crippen molar-refractivity contribution < 1.29 is 33.4 Å². The lowest BCUT2D eigenvalue weighted by atomic mass is 9.99. The average molecular weight is 546 g/mol. The second-order valence-corrected chi connectivity index (χ2v) is 10.5. The fourth-order valence-corrected chi connectivity index (χ4v) is 5.98. The standard InChI is InChI=1S/C27H29ClFN3O6/c28-15-1-8-24(22(9-15)27(36)31-13-19(33)12-23(31)26(30)35)37-14-25(34)32-17-4-5-18(32)11-21(10-17)38-20-6-2-16(29)3-7-20/h1-3,6-9,17-19,21,23,33H,4-5,10-14H2,(H2,30,35)/t17-,18+,19-,21?,23+/m1/s1. The zero-order valence-corrected chi connectivity index (χ0v) is 21.4. The summed E-state index contributed by atoms with van der Waals surface area (Å²) in [6, 6.07) is 9.44. The number of piperidine rings is 1. The van der Waals surface area contributed by atoms with E-state index in [1.807, 2.05) is 4.90 Å². The number of ether oxygens (including phenoxy) is 2. The summed E-state index contributed by atoms with van der Waals surface area (Å²) in [4.78, 5) is 41.4. The van der Waals surface area contributed by atoms with Crippen LogP contribution in [0.4, 0.5) is 4.39 Å². The molecule has 11 heteroatoms. The summed E-state index contributed by atoms with van der Waals surface area (Å²) in [7, 11) is 0. The molecule has 0 aromatic heterocycles. The maximum atomic E-state index is 13.3. The van der Waals surface area contributed by atoms with Gasteiger partial charge in [0.05, 0.1) is 11.7 Å². The Bertz CT molecular complexity index is 1210. The molecule has 202 valence electrons. The fourth-order valence-electron chi connectivity index (χ4n) is 5.81. The van der Waals surface area contributed by atoms with E-state index in [1.54, 1.807) is 18.2 Å². The number of hydrogen-bond donors (Lipinski definition) is 2. The zero-order chi connectivity index (χ0) is 27.0. The molecular weight excluding hydrogens is 517 g/mol. The molecule has 2 aromatic carbocycles. The minimum absolute atomic E-state index is 0.00373. The highest BCUT2D eigenvalue weighted by molar-refractivity contribution is 6.31. The molecule has 0 saturated carbocycles. The molecule has 5 atom stereocenters. The summed E-state index contributed by atoms with van der Waals surface area (Å²) in [6.45, 7) is -0.324. The van der Waals surface area contributed by atoms with E-state index in [2.05, 4.69) is 0 Å². The Balaban J connectivity index is 1.24. The molecule has 0 radical (unpaired) electrons. The lowest BCUT2D eigenvalue weighted by Crippen LogP contribution is -2.50. The van der Waals surface area contributed by atoms with Crippen molar-refractivity contribution in [3.8, 4) is 11.5 Å². The van der Waals surface area contributed by atoms with Gasteiger partial charge >= 0.3 is 0 Å². The van der Waals surface area contributed by atoms with E-state index in [4.69, 9.17) is 26.8 Å². The topological polar surface area (TPSA) is 122 Å². The highest BCUT2D eigenvalue weighted by atomic mass is 35.5. The first-order valence-corrected chi connectivity index (χ1v) is 13.0. The van der Waals surface area contributed by atoms with E-state index in [0.29, 0.717) is 18.6 Å². The van der Waals surface area contributed by atoms with Gasteiger partial charge in [0.1, 0.15) is 29.5 Å². The molecule has 2 bridgehead atoms. The predicted molar refractivity (Wildman–Crippen MR) is 135 cm³/mol. The molecule has 2 aromatic rings. The first-order chi connectivity index (χ1) is 18.2. The lowest BCUT2D eigenvalue weighted by molar-refractivity contribution is -0.139. The van der Waals surface area contributed by atoms with Gasteiger partial charge in [-0.2, -0.15) is 0 Å². The van der Waals surface area contributed by atoms with Gasteiger partial charge in [0.15, 0.2) is 6.61 Å². The van der Waals surface area contributed by atoms with Crippen molar-refractivity contribution in [2.45, 2.75) is 62.4 Å². The Morgan fingerprint density at radius 2 is 1.74 bits per heavy atom. The second kappa shape index (κ2) is 10.8. The van der Waals surface area contributed by atoms with Crippen LogP contribution in [0.25, 0.3) is 0 Å². The number of hydrogen-bond acceptors (Lipinski definition) is 6. The highest BCUT2D eigenvalue weighted by Crippen LogP contribution is 2.37. The van der Waals surface area contributed by atoms with E-state index in [9.17, 15) is 23.9 Å². The van der Waals surface area contributed by atoms with E-state index >= 15 is 0 Å². The molecule has 0 spiro atoms. The molecule has 9 nitrogen and oxygen atoms in total. The van der Waals surface area contributed by atoms with Crippen LogP contribution in [-0.2, 0) is 9.59 Å². The van der Waals surface area contributed by atoms with Crippen LogP contribution in [-0.4, -0.2) is 76.1 Å². The monoisotopic (exact) mass is 545 g/mol. The van der Waals surface area contributed by atoms with Gasteiger partial charge in [-0.25, -0.2) is 4.39 Å². The number of aliphatic hydroxyl groups excluding tert-OH is 1. The number of benzene rings is 2. The number of nitrogens with two attached hydrogens (primary N) is 1. The minimum Gasteiger partial charge on any atom is -0.490 e. The summed E-state index contributed by atoms with van der Waals surface area (Å²) in [5.41, 5.74) is 5.51. The number of likely N-dealkylation sites (tertiary alicyclic amines) is 1. The second-order valence-electron chi connectivity index (χ2n) is 10.0. The van der Waals surface area contributed by atoms with Crippen LogP contribution in [0.2, 0.25) is 5.02 Å². The van der Waals surface area contributed by atoms with Gasteiger partial charge < -0.3 is 30.1 Å². The summed E-state index contributed by atoms with van der Waals surface area (Å²) < 4.78 is 25.1. The van der Waals surface area contributed by atoms with Gasteiger partial charge in [-0.3, -0.25) is 14.4 Å². The molecule has 3 N–H and O–H groups in total. The number of aliphatic hydroxyl groups is 1. The van der Waals surface area contributed by atoms with Crippen molar-refractivity contribution >= 4 is 29.3 Å². The number of β-amino-alcohol motifs (C(OH)–C–C–N with tert-alkyl or cyclic N) is 1. The molecular formula is C27H29ClFN3O6. The lowest BCUT2D eigenvalue weighted by Gasteiger charge is -2.38. The van der Waals surface area contributed by atoms with Crippen LogP contribution in [0.3, 0.4) is 0 Å². The summed E-state index contributed by atoms with van der Waals surface area (Å²) in [6.07, 6.45) is 2.16. The Hall–Kier alpha value is -3.37.